The van der Waals surface area contributed by atoms with E-state index in [2.05, 4.69) is 54.6 Å². The van der Waals surface area contributed by atoms with Gasteiger partial charge in [0.2, 0.25) is 0 Å². The summed E-state index contributed by atoms with van der Waals surface area (Å²) in [5.74, 6) is 0.611. The number of nitriles is 1. The molecule has 0 heterocycles. The fraction of sp³-hybridized carbons (Fsp3) is 0.500. The first-order valence-corrected chi connectivity index (χ1v) is 6.71. The molecule has 0 saturated carbocycles. The Morgan fingerprint density at radius 2 is 1.94 bits per heavy atom. The van der Waals surface area contributed by atoms with Gasteiger partial charge >= 0.3 is 0 Å². The molecule has 0 aliphatic rings. The first-order chi connectivity index (χ1) is 7.95. The number of benzene rings is 1. The van der Waals surface area contributed by atoms with E-state index in [4.69, 9.17) is 5.26 Å². The highest BCUT2D eigenvalue weighted by Gasteiger charge is 2.15. The molecular formula is C14H19BrN2. The predicted octanol–water partition coefficient (Wildman–Crippen LogP) is 4.19. The second-order valence-electron chi connectivity index (χ2n) is 4.92. The van der Waals surface area contributed by atoms with Gasteiger partial charge in [-0.2, -0.15) is 5.26 Å². The molecule has 0 aromatic heterocycles. The summed E-state index contributed by atoms with van der Waals surface area (Å²) in [6, 6.07) is 8.37. The van der Waals surface area contributed by atoms with Crippen molar-refractivity contribution >= 4 is 21.6 Å². The highest BCUT2D eigenvalue weighted by Crippen LogP contribution is 2.29. The van der Waals surface area contributed by atoms with Gasteiger partial charge in [-0.3, -0.25) is 0 Å². The number of hydrogen-bond acceptors (Lipinski definition) is 2. The highest BCUT2D eigenvalue weighted by atomic mass is 79.9. The second-order valence-corrected chi connectivity index (χ2v) is 5.77. The Balaban J connectivity index is 3.07. The largest absolute Gasteiger partial charge is 0.368 e. The van der Waals surface area contributed by atoms with Gasteiger partial charge in [0.25, 0.3) is 0 Å². The number of halogens is 1. The van der Waals surface area contributed by atoms with E-state index in [-0.39, 0.29) is 0 Å². The lowest BCUT2D eigenvalue weighted by molar-refractivity contribution is 0.570. The summed E-state index contributed by atoms with van der Waals surface area (Å²) in [5.41, 5.74) is 1.85. The molecule has 0 saturated heterocycles. The number of hydrogen-bond donors (Lipinski definition) is 0. The van der Waals surface area contributed by atoms with Crippen LogP contribution in [0, 0.1) is 17.2 Å². The van der Waals surface area contributed by atoms with E-state index in [0.717, 1.165) is 16.7 Å². The standard InChI is InChI=1S/C14H19BrN2/c1-10(2)9-17(11(3)4)14-6-5-12(8-16)7-13(14)15/h5-7,10-11H,9H2,1-4H3. The number of rotatable bonds is 4. The van der Waals surface area contributed by atoms with Crippen LogP contribution in [-0.4, -0.2) is 12.6 Å². The van der Waals surface area contributed by atoms with E-state index in [9.17, 15) is 0 Å². The summed E-state index contributed by atoms with van der Waals surface area (Å²) in [6.07, 6.45) is 0. The third-order valence-corrected chi connectivity index (χ3v) is 3.21. The summed E-state index contributed by atoms with van der Waals surface area (Å²) in [4.78, 5) is 2.36. The van der Waals surface area contributed by atoms with Gasteiger partial charge in [0, 0.05) is 17.1 Å². The molecule has 17 heavy (non-hydrogen) atoms. The van der Waals surface area contributed by atoms with Crippen LogP contribution in [0.2, 0.25) is 0 Å². The van der Waals surface area contributed by atoms with Crippen LogP contribution in [0.15, 0.2) is 22.7 Å². The van der Waals surface area contributed by atoms with Crippen LogP contribution in [0.3, 0.4) is 0 Å². The molecule has 0 aliphatic heterocycles. The lowest BCUT2D eigenvalue weighted by Gasteiger charge is -2.31. The average molecular weight is 295 g/mol. The molecule has 0 N–H and O–H groups in total. The van der Waals surface area contributed by atoms with Crippen molar-refractivity contribution in [3.63, 3.8) is 0 Å². The fourth-order valence-corrected chi connectivity index (χ4v) is 2.40. The minimum Gasteiger partial charge on any atom is -0.368 e. The Hall–Kier alpha value is -1.01. The van der Waals surface area contributed by atoms with Crippen LogP contribution in [0.25, 0.3) is 0 Å². The predicted molar refractivity (Wildman–Crippen MR) is 76.2 cm³/mol. The average Bonchev–Trinajstić information content (AvgIpc) is 2.25. The molecule has 92 valence electrons. The minimum atomic E-state index is 0.446. The molecule has 0 radical (unpaired) electrons. The monoisotopic (exact) mass is 294 g/mol. The van der Waals surface area contributed by atoms with Crippen LogP contribution in [-0.2, 0) is 0 Å². The summed E-state index contributed by atoms with van der Waals surface area (Å²) in [5, 5.41) is 8.86. The summed E-state index contributed by atoms with van der Waals surface area (Å²) < 4.78 is 0.992. The molecule has 0 fully saturated rings. The molecule has 0 amide bonds. The zero-order chi connectivity index (χ0) is 13.0. The van der Waals surface area contributed by atoms with Crippen LogP contribution in [0.5, 0.6) is 0 Å². The maximum absolute atomic E-state index is 8.86. The van der Waals surface area contributed by atoms with E-state index in [1.807, 2.05) is 18.2 Å². The van der Waals surface area contributed by atoms with Crippen molar-refractivity contribution in [3.8, 4) is 6.07 Å². The molecule has 1 rings (SSSR count). The van der Waals surface area contributed by atoms with E-state index in [1.54, 1.807) is 0 Å². The highest BCUT2D eigenvalue weighted by molar-refractivity contribution is 9.10. The quantitative estimate of drug-likeness (QED) is 0.832. The van der Waals surface area contributed by atoms with E-state index in [0.29, 0.717) is 17.5 Å². The van der Waals surface area contributed by atoms with Gasteiger partial charge in [-0.05, 0) is 53.9 Å². The minimum absolute atomic E-state index is 0.446. The zero-order valence-electron chi connectivity index (χ0n) is 10.9. The van der Waals surface area contributed by atoms with Crippen molar-refractivity contribution < 1.29 is 0 Å². The second kappa shape index (κ2) is 6.07. The van der Waals surface area contributed by atoms with Crippen molar-refractivity contribution in [1.29, 1.82) is 5.26 Å². The molecule has 1 aromatic carbocycles. The van der Waals surface area contributed by atoms with Crippen LogP contribution >= 0.6 is 15.9 Å². The Bertz CT molecular complexity index is 419. The molecule has 0 unspecified atom stereocenters. The normalized spacial score (nSPS) is 10.7. The smallest absolute Gasteiger partial charge is 0.0992 e. The van der Waals surface area contributed by atoms with Gasteiger partial charge in [-0.15, -0.1) is 0 Å². The summed E-state index contributed by atoms with van der Waals surface area (Å²) in [7, 11) is 0. The Morgan fingerprint density at radius 3 is 2.35 bits per heavy atom. The van der Waals surface area contributed by atoms with E-state index < -0.39 is 0 Å². The molecule has 0 aliphatic carbocycles. The van der Waals surface area contributed by atoms with Gasteiger partial charge in [-0.1, -0.05) is 13.8 Å². The van der Waals surface area contributed by atoms with Gasteiger partial charge in [0.05, 0.1) is 17.3 Å². The Morgan fingerprint density at radius 1 is 1.29 bits per heavy atom. The van der Waals surface area contributed by atoms with E-state index in [1.165, 1.54) is 0 Å². The first kappa shape index (κ1) is 14.1. The first-order valence-electron chi connectivity index (χ1n) is 5.92. The van der Waals surface area contributed by atoms with Gasteiger partial charge in [0.15, 0.2) is 0 Å². The van der Waals surface area contributed by atoms with Crippen molar-refractivity contribution in [2.24, 2.45) is 5.92 Å². The van der Waals surface area contributed by atoms with Crippen molar-refractivity contribution in [1.82, 2.24) is 0 Å². The van der Waals surface area contributed by atoms with E-state index >= 15 is 0 Å². The van der Waals surface area contributed by atoms with Crippen molar-refractivity contribution in [2.75, 3.05) is 11.4 Å². The third kappa shape index (κ3) is 3.74. The molecule has 1 aromatic rings. The zero-order valence-corrected chi connectivity index (χ0v) is 12.5. The number of anilines is 1. The molecule has 3 heteroatoms. The maximum Gasteiger partial charge on any atom is 0.0992 e. The molecule has 0 bridgehead atoms. The van der Waals surface area contributed by atoms with Crippen LogP contribution in [0.1, 0.15) is 33.3 Å². The van der Waals surface area contributed by atoms with Gasteiger partial charge in [0.1, 0.15) is 0 Å². The lowest BCUT2D eigenvalue weighted by atomic mass is 10.1. The van der Waals surface area contributed by atoms with Crippen molar-refractivity contribution in [2.45, 2.75) is 33.7 Å². The van der Waals surface area contributed by atoms with Gasteiger partial charge in [-0.25, -0.2) is 0 Å². The fourth-order valence-electron chi connectivity index (χ4n) is 1.79. The molecule has 2 nitrogen and oxygen atoms in total. The van der Waals surface area contributed by atoms with Crippen LogP contribution < -0.4 is 4.90 Å². The van der Waals surface area contributed by atoms with Crippen molar-refractivity contribution in [3.05, 3.63) is 28.2 Å². The molecule has 0 spiro atoms. The molecular weight excluding hydrogens is 276 g/mol. The number of nitrogens with zero attached hydrogens (tertiary/aromatic N) is 2. The third-order valence-electron chi connectivity index (χ3n) is 2.57. The molecule has 0 atom stereocenters. The van der Waals surface area contributed by atoms with Gasteiger partial charge < -0.3 is 4.90 Å². The summed E-state index contributed by atoms with van der Waals surface area (Å²) in [6.45, 7) is 9.82. The topological polar surface area (TPSA) is 27.0 Å². The summed E-state index contributed by atoms with van der Waals surface area (Å²) >= 11 is 3.55. The SMILES string of the molecule is CC(C)CN(c1ccc(C#N)cc1Br)C(C)C. The lowest BCUT2D eigenvalue weighted by Crippen LogP contribution is -2.34. The maximum atomic E-state index is 8.86. The Labute approximate surface area is 112 Å². The Kier molecular flexibility index (Phi) is 5.02. The van der Waals surface area contributed by atoms with Crippen LogP contribution in [0.4, 0.5) is 5.69 Å².